The molecule has 1 atom stereocenters. The zero-order valence-electron chi connectivity index (χ0n) is 15.5. The molecule has 2 N–H and O–H groups in total. The third-order valence-electron chi connectivity index (χ3n) is 5.30. The summed E-state index contributed by atoms with van der Waals surface area (Å²) < 4.78 is 40.5. The Morgan fingerprint density at radius 3 is 2.55 bits per heavy atom. The molecule has 1 aromatic carbocycles. The fourth-order valence-electron chi connectivity index (χ4n) is 3.70. The first kappa shape index (κ1) is 19.0. The zero-order valence-corrected chi connectivity index (χ0v) is 15.5. The van der Waals surface area contributed by atoms with Gasteiger partial charge in [0.05, 0.1) is 11.1 Å². The molecule has 0 radical (unpaired) electrons. The summed E-state index contributed by atoms with van der Waals surface area (Å²) in [5, 5.41) is 0. The number of imidazole rings is 1. The Bertz CT molecular complexity index is 1090. The summed E-state index contributed by atoms with van der Waals surface area (Å²) in [4.78, 5) is 18.2. The minimum absolute atomic E-state index is 0.0394. The lowest BCUT2D eigenvalue weighted by Gasteiger charge is -2.16. The van der Waals surface area contributed by atoms with Crippen LogP contribution in [0.5, 0.6) is 0 Å². The molecule has 0 aliphatic carbocycles. The highest BCUT2D eigenvalue weighted by molar-refractivity contribution is 5.92. The number of carbonyl (C=O) groups is 1. The summed E-state index contributed by atoms with van der Waals surface area (Å²) in [5.41, 5.74) is 6.49. The van der Waals surface area contributed by atoms with E-state index in [1.165, 1.54) is 12.1 Å². The van der Waals surface area contributed by atoms with Gasteiger partial charge in [-0.3, -0.25) is 9.20 Å². The number of benzene rings is 1. The molecule has 8 heteroatoms. The molecule has 1 aliphatic rings. The number of nitrogens with zero attached hydrogens (tertiary/aromatic N) is 3. The fraction of sp³-hybridized carbons (Fsp3) is 0.238. The van der Waals surface area contributed by atoms with Gasteiger partial charge in [-0.2, -0.15) is 13.2 Å². The standard InChI is InChI=1S/C21H19F3N4O/c1-13(18(25)29)15-9-11-27(12-15)20-17-4-2-3-10-28(17)19(26-20)14-5-7-16(8-6-14)21(22,23)24/h2-8,10,15H,1,9,11-12H2,(H2,25,29). The van der Waals surface area contributed by atoms with Gasteiger partial charge in [0.2, 0.25) is 5.91 Å². The quantitative estimate of drug-likeness (QED) is 0.676. The molecule has 150 valence electrons. The number of carbonyl (C=O) groups excluding carboxylic acids is 1. The number of nitrogens with two attached hydrogens (primary N) is 1. The predicted octanol–water partition coefficient (Wildman–Crippen LogP) is 3.89. The van der Waals surface area contributed by atoms with Gasteiger partial charge in [0.15, 0.2) is 5.82 Å². The summed E-state index contributed by atoms with van der Waals surface area (Å²) in [5.74, 6) is 0.737. The highest BCUT2D eigenvalue weighted by Crippen LogP contribution is 2.34. The second kappa shape index (κ2) is 6.95. The van der Waals surface area contributed by atoms with E-state index in [9.17, 15) is 18.0 Å². The van der Waals surface area contributed by atoms with E-state index >= 15 is 0 Å². The van der Waals surface area contributed by atoms with Crippen LogP contribution in [-0.4, -0.2) is 28.4 Å². The van der Waals surface area contributed by atoms with Gasteiger partial charge in [-0.1, -0.05) is 24.8 Å². The number of hydrogen-bond acceptors (Lipinski definition) is 3. The van der Waals surface area contributed by atoms with Crippen LogP contribution >= 0.6 is 0 Å². The molecule has 29 heavy (non-hydrogen) atoms. The number of amides is 1. The van der Waals surface area contributed by atoms with Crippen LogP contribution in [0.15, 0.2) is 60.8 Å². The van der Waals surface area contributed by atoms with Crippen molar-refractivity contribution in [1.29, 1.82) is 0 Å². The third-order valence-corrected chi connectivity index (χ3v) is 5.30. The largest absolute Gasteiger partial charge is 0.416 e. The minimum Gasteiger partial charge on any atom is -0.366 e. The van der Waals surface area contributed by atoms with E-state index in [4.69, 9.17) is 10.7 Å². The molecular weight excluding hydrogens is 381 g/mol. The molecule has 4 rings (SSSR count). The Balaban J connectivity index is 1.71. The Morgan fingerprint density at radius 1 is 1.17 bits per heavy atom. The summed E-state index contributed by atoms with van der Waals surface area (Å²) in [6.07, 6.45) is -1.82. The molecule has 2 aromatic heterocycles. The smallest absolute Gasteiger partial charge is 0.366 e. The van der Waals surface area contributed by atoms with E-state index in [1.807, 2.05) is 28.8 Å². The lowest BCUT2D eigenvalue weighted by molar-refractivity contribution is -0.137. The molecule has 1 saturated heterocycles. The predicted molar refractivity (Wildman–Crippen MR) is 104 cm³/mol. The van der Waals surface area contributed by atoms with Crippen LogP contribution in [0.3, 0.4) is 0 Å². The van der Waals surface area contributed by atoms with Gasteiger partial charge in [-0.15, -0.1) is 0 Å². The zero-order chi connectivity index (χ0) is 20.8. The van der Waals surface area contributed by atoms with Crippen molar-refractivity contribution in [3.05, 3.63) is 66.4 Å². The van der Waals surface area contributed by atoms with Gasteiger partial charge in [0.1, 0.15) is 5.82 Å². The number of aromatic nitrogens is 2. The molecule has 0 spiro atoms. The summed E-state index contributed by atoms with van der Waals surface area (Å²) in [7, 11) is 0. The first-order valence-corrected chi connectivity index (χ1v) is 9.14. The van der Waals surface area contributed by atoms with E-state index in [2.05, 4.69) is 11.5 Å². The average Bonchev–Trinajstić information content (AvgIpc) is 3.31. The number of rotatable bonds is 4. The molecule has 1 fully saturated rings. The maximum atomic E-state index is 12.9. The molecule has 5 nitrogen and oxygen atoms in total. The Morgan fingerprint density at radius 2 is 1.90 bits per heavy atom. The van der Waals surface area contributed by atoms with Crippen molar-refractivity contribution in [1.82, 2.24) is 9.38 Å². The number of alkyl halides is 3. The highest BCUT2D eigenvalue weighted by Gasteiger charge is 2.31. The minimum atomic E-state index is -4.38. The van der Waals surface area contributed by atoms with Crippen LogP contribution in [0.25, 0.3) is 16.9 Å². The molecule has 1 aliphatic heterocycles. The normalized spacial score (nSPS) is 17.1. The first-order valence-electron chi connectivity index (χ1n) is 9.14. The Labute approximate surface area is 165 Å². The second-order valence-electron chi connectivity index (χ2n) is 7.11. The number of primary amides is 1. The van der Waals surface area contributed by atoms with Crippen molar-refractivity contribution in [2.75, 3.05) is 18.0 Å². The van der Waals surface area contributed by atoms with Crippen LogP contribution in [0.2, 0.25) is 0 Å². The molecule has 0 bridgehead atoms. The van der Waals surface area contributed by atoms with Gasteiger partial charge in [-0.05, 0) is 30.7 Å². The average molecular weight is 400 g/mol. The lowest BCUT2D eigenvalue weighted by Crippen LogP contribution is -2.24. The number of pyridine rings is 1. The second-order valence-corrected chi connectivity index (χ2v) is 7.11. The van der Waals surface area contributed by atoms with Crippen LogP contribution in [0.4, 0.5) is 19.0 Å². The number of hydrogen-bond donors (Lipinski definition) is 1. The monoisotopic (exact) mass is 400 g/mol. The molecule has 1 amide bonds. The van der Waals surface area contributed by atoms with E-state index in [-0.39, 0.29) is 5.92 Å². The van der Waals surface area contributed by atoms with Gasteiger partial charge >= 0.3 is 6.18 Å². The van der Waals surface area contributed by atoms with Gasteiger partial charge in [0, 0.05) is 36.3 Å². The van der Waals surface area contributed by atoms with Gasteiger partial charge in [0.25, 0.3) is 0 Å². The molecular formula is C21H19F3N4O. The molecule has 3 heterocycles. The van der Waals surface area contributed by atoms with Crippen molar-refractivity contribution in [2.24, 2.45) is 11.7 Å². The maximum absolute atomic E-state index is 12.9. The molecule has 3 aromatic rings. The number of halogens is 3. The Kier molecular flexibility index (Phi) is 4.56. The van der Waals surface area contributed by atoms with Crippen molar-refractivity contribution >= 4 is 17.2 Å². The van der Waals surface area contributed by atoms with Crippen LogP contribution in [-0.2, 0) is 11.0 Å². The SMILES string of the molecule is C=C(C(N)=O)C1CCN(c2nc(-c3ccc(C(F)(F)F)cc3)n3ccccc23)C1. The lowest BCUT2D eigenvalue weighted by atomic mass is 9.99. The van der Waals surface area contributed by atoms with Crippen LogP contribution in [0, 0.1) is 5.92 Å². The van der Waals surface area contributed by atoms with E-state index < -0.39 is 17.6 Å². The summed E-state index contributed by atoms with van der Waals surface area (Å²) in [6.45, 7) is 5.04. The number of fused-ring (bicyclic) bond motifs is 1. The van der Waals surface area contributed by atoms with Crippen LogP contribution in [0.1, 0.15) is 12.0 Å². The van der Waals surface area contributed by atoms with Crippen molar-refractivity contribution in [3.63, 3.8) is 0 Å². The van der Waals surface area contributed by atoms with Crippen molar-refractivity contribution in [2.45, 2.75) is 12.6 Å². The van der Waals surface area contributed by atoms with Crippen molar-refractivity contribution < 1.29 is 18.0 Å². The van der Waals surface area contributed by atoms with Gasteiger partial charge < -0.3 is 10.6 Å². The molecule has 0 saturated carbocycles. The molecule has 1 unspecified atom stereocenters. The number of anilines is 1. The fourth-order valence-corrected chi connectivity index (χ4v) is 3.70. The summed E-state index contributed by atoms with van der Waals surface area (Å²) in [6, 6.07) is 10.6. The topological polar surface area (TPSA) is 63.6 Å². The first-order chi connectivity index (χ1) is 13.8. The van der Waals surface area contributed by atoms with E-state index in [0.717, 1.165) is 29.9 Å². The van der Waals surface area contributed by atoms with Gasteiger partial charge in [-0.25, -0.2) is 4.98 Å². The van der Waals surface area contributed by atoms with E-state index in [0.29, 0.717) is 30.1 Å². The Hall–Kier alpha value is -3.29. The highest BCUT2D eigenvalue weighted by atomic mass is 19.4. The summed E-state index contributed by atoms with van der Waals surface area (Å²) >= 11 is 0. The van der Waals surface area contributed by atoms with E-state index in [1.54, 1.807) is 0 Å². The van der Waals surface area contributed by atoms with Crippen LogP contribution < -0.4 is 10.6 Å². The maximum Gasteiger partial charge on any atom is 0.416 e. The van der Waals surface area contributed by atoms with Crippen molar-refractivity contribution in [3.8, 4) is 11.4 Å². The third kappa shape index (κ3) is 3.46.